The molecule has 11 rings (SSSR count). The summed E-state index contributed by atoms with van der Waals surface area (Å²) < 4.78 is 2.39. The molecule has 0 spiro atoms. The molecule has 2 nitrogen and oxygen atoms in total. The first-order chi connectivity index (χ1) is 28.3. The van der Waals surface area contributed by atoms with Crippen LogP contribution >= 0.6 is 0 Å². The summed E-state index contributed by atoms with van der Waals surface area (Å²) in [7, 11) is 0. The summed E-state index contributed by atoms with van der Waals surface area (Å²) in [5.74, 6) is 0. The van der Waals surface area contributed by atoms with Crippen molar-refractivity contribution in [2.24, 2.45) is 0 Å². The van der Waals surface area contributed by atoms with E-state index in [2.05, 4.69) is 217 Å². The largest absolute Gasteiger partial charge is 0.307 e. The number of rotatable bonds is 6. The summed E-state index contributed by atoms with van der Waals surface area (Å²) in [6.07, 6.45) is 0. The molecule has 0 aliphatic carbocycles. The van der Waals surface area contributed by atoms with Crippen molar-refractivity contribution >= 4 is 43.5 Å². The second-order valence-electron chi connectivity index (χ2n) is 14.6. The molecule has 266 valence electrons. The molecule has 0 N–H and O–H groups in total. The number of benzene rings is 9. The monoisotopic (exact) mass is 724 g/mol. The maximum Gasteiger partial charge on any atom is 0.0970 e. The zero-order valence-electron chi connectivity index (χ0n) is 31.2. The molecule has 11 aromatic rings. The van der Waals surface area contributed by atoms with E-state index < -0.39 is 0 Å². The van der Waals surface area contributed by atoms with E-state index in [-0.39, 0.29) is 0 Å². The Kier molecular flexibility index (Phi) is 7.86. The fraction of sp³-hybridized carbons (Fsp3) is 0. The van der Waals surface area contributed by atoms with Crippen molar-refractivity contribution in [1.82, 2.24) is 9.55 Å². The number of nitrogens with zero attached hydrogens (tertiary/aromatic N) is 2. The first kappa shape index (κ1) is 32.8. The molecule has 0 unspecified atom stereocenters. The van der Waals surface area contributed by atoms with E-state index in [1.165, 1.54) is 60.5 Å². The summed E-state index contributed by atoms with van der Waals surface area (Å²) >= 11 is 0. The van der Waals surface area contributed by atoms with Gasteiger partial charge in [-0.25, -0.2) is 4.98 Å². The Bertz CT molecular complexity index is 3270. The average molecular weight is 725 g/mol. The molecule has 0 saturated carbocycles. The molecule has 0 atom stereocenters. The van der Waals surface area contributed by atoms with Crippen LogP contribution in [0.15, 0.2) is 218 Å². The summed E-state index contributed by atoms with van der Waals surface area (Å²) in [5, 5.41) is 6.13. The van der Waals surface area contributed by atoms with Crippen molar-refractivity contribution in [3.05, 3.63) is 218 Å². The summed E-state index contributed by atoms with van der Waals surface area (Å²) in [5.41, 5.74) is 16.1. The third-order valence-electron chi connectivity index (χ3n) is 11.4. The number of fused-ring (bicyclic) bond motifs is 5. The van der Waals surface area contributed by atoms with E-state index in [0.29, 0.717) is 0 Å². The van der Waals surface area contributed by atoms with Gasteiger partial charge in [0.25, 0.3) is 0 Å². The van der Waals surface area contributed by atoms with Crippen LogP contribution in [0.2, 0.25) is 0 Å². The number of pyridine rings is 1. The maximum absolute atomic E-state index is 5.28. The molecule has 0 bridgehead atoms. The molecule has 57 heavy (non-hydrogen) atoms. The van der Waals surface area contributed by atoms with Crippen molar-refractivity contribution in [3.63, 3.8) is 0 Å². The van der Waals surface area contributed by atoms with E-state index in [1.54, 1.807) is 0 Å². The molecule has 0 fully saturated rings. The van der Waals surface area contributed by atoms with Crippen LogP contribution in [0.1, 0.15) is 0 Å². The van der Waals surface area contributed by atoms with Crippen molar-refractivity contribution in [2.45, 2.75) is 0 Å². The predicted octanol–water partition coefficient (Wildman–Crippen LogP) is 14.8. The van der Waals surface area contributed by atoms with Gasteiger partial charge in [0.15, 0.2) is 0 Å². The highest BCUT2D eigenvalue weighted by atomic mass is 15.0. The van der Waals surface area contributed by atoms with Gasteiger partial charge in [-0.1, -0.05) is 188 Å². The lowest BCUT2D eigenvalue weighted by Crippen LogP contribution is -1.98. The van der Waals surface area contributed by atoms with Gasteiger partial charge < -0.3 is 4.57 Å². The standard InChI is InChI=1S/C55H36N2/c1-4-18-37(19-5-1)49-34-35-52-55(56-49)47-29-15-17-31-51(47)57(52)50-30-16-14-26-43(50)42-25-11-10-24-41(42)40-32-33-46-48(36-40)54(39-22-8-3-9-23-39)45-28-13-12-27-44(45)53(46)38-20-6-2-7-21-38/h1-36H. The Balaban J connectivity index is 1.15. The fourth-order valence-corrected chi connectivity index (χ4v) is 8.90. The molecule has 0 radical (unpaired) electrons. The molecular formula is C55H36N2. The van der Waals surface area contributed by atoms with Gasteiger partial charge >= 0.3 is 0 Å². The highest BCUT2D eigenvalue weighted by Crippen LogP contribution is 2.46. The molecule has 9 aromatic carbocycles. The van der Waals surface area contributed by atoms with Crippen molar-refractivity contribution in [2.75, 3.05) is 0 Å². The highest BCUT2D eigenvalue weighted by molar-refractivity contribution is 6.22. The Hall–Kier alpha value is -7.55. The Labute approximate surface area is 331 Å². The zero-order valence-corrected chi connectivity index (χ0v) is 31.2. The van der Waals surface area contributed by atoms with Crippen molar-refractivity contribution in [1.29, 1.82) is 0 Å². The SMILES string of the molecule is c1ccc(-c2ccc3c(n2)c2ccccc2n3-c2ccccc2-c2ccccc2-c2ccc3c(-c4ccccc4)c4ccccc4c(-c4ccccc4)c3c2)cc1. The van der Waals surface area contributed by atoms with Crippen LogP contribution in [-0.4, -0.2) is 9.55 Å². The van der Waals surface area contributed by atoms with Crippen LogP contribution in [0.3, 0.4) is 0 Å². The predicted molar refractivity (Wildman–Crippen MR) is 241 cm³/mol. The molecule has 0 aliphatic heterocycles. The van der Waals surface area contributed by atoms with Gasteiger partial charge in [-0.05, 0) is 90.8 Å². The summed E-state index contributed by atoms with van der Waals surface area (Å²) in [6.45, 7) is 0. The molecular weight excluding hydrogens is 689 g/mol. The number of hydrogen-bond donors (Lipinski definition) is 0. The van der Waals surface area contributed by atoms with Crippen molar-refractivity contribution < 1.29 is 0 Å². The van der Waals surface area contributed by atoms with Gasteiger partial charge in [0, 0.05) is 16.5 Å². The number of aromatic nitrogens is 2. The third-order valence-corrected chi connectivity index (χ3v) is 11.4. The van der Waals surface area contributed by atoms with Crippen LogP contribution in [0.25, 0.3) is 105 Å². The molecule has 0 saturated heterocycles. The Morgan fingerprint density at radius 2 is 0.807 bits per heavy atom. The smallest absolute Gasteiger partial charge is 0.0970 e. The lowest BCUT2D eigenvalue weighted by molar-refractivity contribution is 1.18. The molecule has 2 aromatic heterocycles. The number of para-hydroxylation sites is 2. The van der Waals surface area contributed by atoms with Gasteiger partial charge in [-0.15, -0.1) is 0 Å². The molecule has 2 heteroatoms. The van der Waals surface area contributed by atoms with E-state index in [1.807, 2.05) is 6.07 Å². The molecule has 2 heterocycles. The van der Waals surface area contributed by atoms with Crippen LogP contribution < -0.4 is 0 Å². The second-order valence-corrected chi connectivity index (χ2v) is 14.6. The van der Waals surface area contributed by atoms with E-state index in [9.17, 15) is 0 Å². The zero-order chi connectivity index (χ0) is 37.7. The normalized spacial score (nSPS) is 11.5. The molecule has 0 amide bonds. The Morgan fingerprint density at radius 1 is 0.298 bits per heavy atom. The molecule has 0 aliphatic rings. The minimum atomic E-state index is 0.971. The van der Waals surface area contributed by atoms with Crippen molar-refractivity contribution in [3.8, 4) is 61.5 Å². The van der Waals surface area contributed by atoms with Crippen LogP contribution in [0, 0.1) is 0 Å². The number of hydrogen-bond acceptors (Lipinski definition) is 1. The van der Waals surface area contributed by atoms with Gasteiger partial charge in [-0.2, -0.15) is 0 Å². The fourth-order valence-electron chi connectivity index (χ4n) is 8.90. The first-order valence-corrected chi connectivity index (χ1v) is 19.6. The first-order valence-electron chi connectivity index (χ1n) is 19.6. The van der Waals surface area contributed by atoms with Gasteiger partial charge in [0.2, 0.25) is 0 Å². The third kappa shape index (κ3) is 5.45. The lowest BCUT2D eigenvalue weighted by atomic mass is 9.84. The highest BCUT2D eigenvalue weighted by Gasteiger charge is 2.21. The van der Waals surface area contributed by atoms with Crippen LogP contribution in [0.5, 0.6) is 0 Å². The van der Waals surface area contributed by atoms with Gasteiger partial charge in [-0.3, -0.25) is 0 Å². The van der Waals surface area contributed by atoms with Crippen LogP contribution in [0.4, 0.5) is 0 Å². The van der Waals surface area contributed by atoms with E-state index in [0.717, 1.165) is 44.4 Å². The van der Waals surface area contributed by atoms with Gasteiger partial charge in [0.1, 0.15) is 0 Å². The maximum atomic E-state index is 5.28. The summed E-state index contributed by atoms with van der Waals surface area (Å²) in [4.78, 5) is 5.28. The van der Waals surface area contributed by atoms with E-state index in [4.69, 9.17) is 4.98 Å². The van der Waals surface area contributed by atoms with Gasteiger partial charge in [0.05, 0.1) is 27.9 Å². The average Bonchev–Trinajstić information content (AvgIpc) is 3.62. The minimum Gasteiger partial charge on any atom is -0.307 e. The second kappa shape index (κ2) is 13.6. The summed E-state index contributed by atoms with van der Waals surface area (Å²) in [6, 6.07) is 78.8. The van der Waals surface area contributed by atoms with E-state index >= 15 is 0 Å². The quantitative estimate of drug-likeness (QED) is 0.156. The topological polar surface area (TPSA) is 17.8 Å². The minimum absolute atomic E-state index is 0.971. The lowest BCUT2D eigenvalue weighted by Gasteiger charge is -2.20. The van der Waals surface area contributed by atoms with Crippen LogP contribution in [-0.2, 0) is 0 Å². The Morgan fingerprint density at radius 3 is 1.49 bits per heavy atom.